The first-order chi connectivity index (χ1) is 19.1. The number of carbonyl (C=O) groups excluding carboxylic acids is 3. The molecular formula is C32H44N2O6. The molecule has 8 heteroatoms. The van der Waals surface area contributed by atoms with Gasteiger partial charge in [0, 0.05) is 25.4 Å². The Kier molecular flexibility index (Phi) is 8.90. The number of aliphatic hydroxyl groups is 1. The van der Waals surface area contributed by atoms with Crippen molar-refractivity contribution in [2.24, 2.45) is 17.8 Å². The number of ether oxygens (including phenoxy) is 2. The van der Waals surface area contributed by atoms with E-state index in [1.54, 1.807) is 15.9 Å². The van der Waals surface area contributed by atoms with Crippen LogP contribution in [0.25, 0.3) is 0 Å². The second-order valence-electron chi connectivity index (χ2n) is 11.8. The Balaban J connectivity index is 1.74. The summed E-state index contributed by atoms with van der Waals surface area (Å²) in [5, 5.41) is 9.63. The highest BCUT2D eigenvalue weighted by molar-refractivity contribution is 6.05. The van der Waals surface area contributed by atoms with Gasteiger partial charge in [-0.15, -0.1) is 13.2 Å². The van der Waals surface area contributed by atoms with Crippen LogP contribution in [0, 0.1) is 31.6 Å². The number of carbonyl (C=O) groups is 3. The molecule has 3 heterocycles. The van der Waals surface area contributed by atoms with Crippen molar-refractivity contribution < 1.29 is 29.0 Å². The van der Waals surface area contributed by atoms with Gasteiger partial charge in [0.25, 0.3) is 5.91 Å². The van der Waals surface area contributed by atoms with E-state index in [2.05, 4.69) is 13.2 Å². The van der Waals surface area contributed by atoms with Crippen molar-refractivity contribution in [3.8, 4) is 0 Å². The fourth-order valence-corrected chi connectivity index (χ4v) is 7.11. The summed E-state index contributed by atoms with van der Waals surface area (Å²) in [6, 6.07) is 4.99. The van der Waals surface area contributed by atoms with Gasteiger partial charge in [-0.05, 0) is 76.0 Å². The summed E-state index contributed by atoms with van der Waals surface area (Å²) in [5.41, 5.74) is 0.593. The van der Waals surface area contributed by atoms with Gasteiger partial charge in [0.1, 0.15) is 17.6 Å². The molecule has 2 bridgehead atoms. The smallest absolute Gasteiger partial charge is 0.312 e. The lowest BCUT2D eigenvalue weighted by atomic mass is 9.62. The van der Waals surface area contributed by atoms with Crippen molar-refractivity contribution in [3.63, 3.8) is 0 Å². The van der Waals surface area contributed by atoms with E-state index in [-0.39, 0.29) is 44.0 Å². The number of likely N-dealkylation sites (tertiary alicyclic amines) is 1. The molecule has 1 aromatic rings. The number of nitrogens with zero attached hydrogens (tertiary/aromatic N) is 2. The number of anilines is 1. The highest BCUT2D eigenvalue weighted by atomic mass is 16.6. The molecule has 2 amide bonds. The number of unbranched alkanes of at least 4 members (excludes halogenated alkanes) is 2. The Labute approximate surface area is 238 Å². The topological polar surface area (TPSA) is 96.4 Å². The second kappa shape index (κ2) is 11.9. The minimum absolute atomic E-state index is 0.0727. The Morgan fingerprint density at radius 2 is 1.98 bits per heavy atom. The lowest BCUT2D eigenvalue weighted by molar-refractivity contribution is -0.161. The van der Waals surface area contributed by atoms with Gasteiger partial charge < -0.3 is 24.4 Å². The maximum absolute atomic E-state index is 14.6. The molecular weight excluding hydrogens is 508 g/mol. The van der Waals surface area contributed by atoms with Gasteiger partial charge in [-0.1, -0.05) is 31.2 Å². The highest BCUT2D eigenvalue weighted by Crippen LogP contribution is 2.65. The van der Waals surface area contributed by atoms with E-state index in [0.29, 0.717) is 19.3 Å². The highest BCUT2D eigenvalue weighted by Gasteiger charge is 2.80. The monoisotopic (exact) mass is 552 g/mol. The maximum atomic E-state index is 14.6. The molecule has 0 radical (unpaired) electrons. The molecule has 3 aliphatic heterocycles. The van der Waals surface area contributed by atoms with E-state index >= 15 is 0 Å². The normalized spacial score (nSPS) is 30.3. The van der Waals surface area contributed by atoms with Gasteiger partial charge in [-0.3, -0.25) is 14.4 Å². The Hall–Kier alpha value is -2.97. The van der Waals surface area contributed by atoms with Crippen LogP contribution in [0.3, 0.4) is 0 Å². The first-order valence-electron chi connectivity index (χ1n) is 14.5. The molecule has 1 aromatic carbocycles. The zero-order chi connectivity index (χ0) is 29.2. The molecule has 3 fully saturated rings. The molecule has 218 valence electrons. The first kappa shape index (κ1) is 30.0. The number of rotatable bonds is 13. The second-order valence-corrected chi connectivity index (χ2v) is 11.8. The summed E-state index contributed by atoms with van der Waals surface area (Å²) in [6.45, 7) is 16.0. The van der Waals surface area contributed by atoms with Crippen molar-refractivity contribution in [2.75, 3.05) is 31.2 Å². The summed E-state index contributed by atoms with van der Waals surface area (Å²) in [7, 11) is 0. The predicted octanol–water partition coefficient (Wildman–Crippen LogP) is 4.12. The Morgan fingerprint density at radius 3 is 2.65 bits per heavy atom. The molecule has 1 spiro atoms. The van der Waals surface area contributed by atoms with Gasteiger partial charge in [-0.25, -0.2) is 0 Å². The van der Waals surface area contributed by atoms with Crippen LogP contribution in [-0.2, 0) is 23.9 Å². The average Bonchev–Trinajstić information content (AvgIpc) is 3.43. The Morgan fingerprint density at radius 1 is 1.23 bits per heavy atom. The van der Waals surface area contributed by atoms with Gasteiger partial charge in [0.05, 0.1) is 18.1 Å². The predicted molar refractivity (Wildman–Crippen MR) is 154 cm³/mol. The maximum Gasteiger partial charge on any atom is 0.312 e. The fraction of sp³-hybridized carbons (Fsp3) is 0.594. The number of benzene rings is 1. The zero-order valence-electron chi connectivity index (χ0n) is 24.4. The summed E-state index contributed by atoms with van der Waals surface area (Å²) in [6.07, 6.45) is 6.71. The number of amides is 2. The minimum Gasteiger partial charge on any atom is -0.465 e. The summed E-state index contributed by atoms with van der Waals surface area (Å²) in [4.78, 5) is 45.6. The fourth-order valence-electron chi connectivity index (χ4n) is 7.11. The van der Waals surface area contributed by atoms with E-state index in [9.17, 15) is 19.5 Å². The molecule has 0 aromatic heterocycles. The van der Waals surface area contributed by atoms with Crippen LogP contribution in [-0.4, -0.2) is 71.3 Å². The van der Waals surface area contributed by atoms with Crippen LogP contribution in [0.2, 0.25) is 0 Å². The first-order valence-corrected chi connectivity index (χ1v) is 14.5. The van der Waals surface area contributed by atoms with Gasteiger partial charge in [-0.2, -0.15) is 0 Å². The van der Waals surface area contributed by atoms with Crippen LogP contribution in [0.4, 0.5) is 5.69 Å². The van der Waals surface area contributed by atoms with Crippen LogP contribution >= 0.6 is 0 Å². The van der Waals surface area contributed by atoms with Crippen LogP contribution in [0.15, 0.2) is 43.5 Å². The van der Waals surface area contributed by atoms with E-state index in [4.69, 9.17) is 9.47 Å². The molecule has 3 unspecified atom stereocenters. The molecule has 3 aliphatic rings. The van der Waals surface area contributed by atoms with Gasteiger partial charge >= 0.3 is 5.97 Å². The van der Waals surface area contributed by atoms with Gasteiger partial charge in [0.2, 0.25) is 5.91 Å². The van der Waals surface area contributed by atoms with E-state index < -0.39 is 35.0 Å². The summed E-state index contributed by atoms with van der Waals surface area (Å²) < 4.78 is 12.5. The Bertz CT molecular complexity index is 1170. The molecule has 0 aliphatic carbocycles. The van der Waals surface area contributed by atoms with Crippen molar-refractivity contribution in [3.05, 3.63) is 54.6 Å². The third-order valence-corrected chi connectivity index (χ3v) is 9.14. The number of esters is 1. The SMILES string of the molecule is C=CCCCCOC(=O)[C@@H]1[C@H]2C(=O)N(CCCO)C(C(=O)N(CC=C)c3cc(C)ccc3C)C23CC(C)[C@@]1(C)O3. The number of aliphatic hydroxyl groups excluding tert-OH is 1. The minimum atomic E-state index is -1.17. The number of fused-ring (bicyclic) bond motifs is 1. The quantitative estimate of drug-likeness (QED) is 0.225. The van der Waals surface area contributed by atoms with E-state index in [1.165, 1.54) is 0 Å². The van der Waals surface area contributed by atoms with Crippen LogP contribution in [0.1, 0.15) is 57.1 Å². The van der Waals surface area contributed by atoms with E-state index in [1.807, 2.05) is 52.0 Å². The summed E-state index contributed by atoms with van der Waals surface area (Å²) in [5.74, 6) is -2.71. The number of hydrogen-bond donors (Lipinski definition) is 1. The third kappa shape index (κ3) is 4.90. The number of allylic oxidation sites excluding steroid dienone is 1. The molecule has 0 saturated carbocycles. The van der Waals surface area contributed by atoms with Crippen molar-refractivity contribution >= 4 is 23.5 Å². The largest absolute Gasteiger partial charge is 0.465 e. The molecule has 6 atom stereocenters. The summed E-state index contributed by atoms with van der Waals surface area (Å²) >= 11 is 0. The van der Waals surface area contributed by atoms with Crippen molar-refractivity contribution in [1.82, 2.24) is 4.90 Å². The van der Waals surface area contributed by atoms with Crippen molar-refractivity contribution in [1.29, 1.82) is 0 Å². The zero-order valence-corrected chi connectivity index (χ0v) is 24.4. The lowest BCUT2D eigenvalue weighted by Crippen LogP contribution is -2.57. The van der Waals surface area contributed by atoms with E-state index in [0.717, 1.165) is 29.7 Å². The number of hydrogen-bond acceptors (Lipinski definition) is 6. The van der Waals surface area contributed by atoms with Gasteiger partial charge in [0.15, 0.2) is 0 Å². The molecule has 1 N–H and O–H groups in total. The number of aryl methyl sites for hydroxylation is 2. The van der Waals surface area contributed by atoms with Crippen LogP contribution < -0.4 is 4.90 Å². The molecule has 3 saturated heterocycles. The third-order valence-electron chi connectivity index (χ3n) is 9.14. The van der Waals surface area contributed by atoms with Crippen molar-refractivity contribution in [2.45, 2.75) is 77.0 Å². The molecule has 4 rings (SSSR count). The molecule has 40 heavy (non-hydrogen) atoms. The van der Waals surface area contributed by atoms with Crippen LogP contribution in [0.5, 0.6) is 0 Å². The average molecular weight is 553 g/mol. The molecule has 8 nitrogen and oxygen atoms in total. The standard InChI is InChI=1S/C32H44N2O6/c1-7-9-10-11-18-39-30(38)26-25-28(36)34(16-12-17-35)27(32(25)20-23(5)31(26,6)40-32)29(37)33(15-8-2)24-19-21(3)13-14-22(24)4/h7-8,13-14,19,23,25-27,35H,1-2,9-12,15-18,20H2,3-6H3/t23?,25-,26-,27?,31+,32?/m0/s1. The lowest BCUT2D eigenvalue weighted by Gasteiger charge is -2.37.